The Morgan fingerprint density at radius 2 is 1.95 bits per heavy atom. The summed E-state index contributed by atoms with van der Waals surface area (Å²) in [6, 6.07) is 3.28. The van der Waals surface area contributed by atoms with Gasteiger partial charge in [-0.05, 0) is 38.8 Å². The number of alkyl halides is 2. The second-order valence-electron chi connectivity index (χ2n) is 5.59. The van der Waals surface area contributed by atoms with Gasteiger partial charge in [-0.25, -0.2) is 0 Å². The van der Waals surface area contributed by atoms with E-state index in [2.05, 4.69) is 10.1 Å². The van der Waals surface area contributed by atoms with Crippen LogP contribution in [0.4, 0.5) is 14.5 Å². The van der Waals surface area contributed by atoms with Crippen molar-refractivity contribution in [3.63, 3.8) is 0 Å². The molecule has 0 bridgehead atoms. The summed E-state index contributed by atoms with van der Waals surface area (Å²) in [4.78, 5) is 0. The number of hydrogen-bond donors (Lipinski definition) is 1. The third-order valence-electron chi connectivity index (χ3n) is 3.27. The summed E-state index contributed by atoms with van der Waals surface area (Å²) >= 11 is 11.9. The lowest BCUT2D eigenvalue weighted by Crippen LogP contribution is -2.40. The van der Waals surface area contributed by atoms with Gasteiger partial charge >= 0.3 is 6.61 Å². The molecule has 1 heterocycles. The van der Waals surface area contributed by atoms with E-state index in [1.807, 2.05) is 13.8 Å². The normalized spacial score (nSPS) is 21.4. The number of ether oxygens (including phenoxy) is 2. The molecule has 21 heavy (non-hydrogen) atoms. The maximum Gasteiger partial charge on any atom is 0.387 e. The van der Waals surface area contributed by atoms with Gasteiger partial charge in [-0.15, -0.1) is 0 Å². The monoisotopic (exact) mass is 339 g/mol. The van der Waals surface area contributed by atoms with Crippen molar-refractivity contribution in [2.75, 3.05) is 11.9 Å². The van der Waals surface area contributed by atoms with Crippen LogP contribution in [0.2, 0.25) is 10.0 Å². The van der Waals surface area contributed by atoms with Gasteiger partial charge in [-0.2, -0.15) is 8.78 Å². The number of benzene rings is 1. The molecule has 118 valence electrons. The van der Waals surface area contributed by atoms with Crippen LogP contribution in [0, 0.1) is 0 Å². The van der Waals surface area contributed by atoms with Gasteiger partial charge in [-0.1, -0.05) is 23.2 Å². The van der Waals surface area contributed by atoms with Gasteiger partial charge in [0.25, 0.3) is 0 Å². The van der Waals surface area contributed by atoms with Crippen LogP contribution in [0.5, 0.6) is 5.75 Å². The van der Waals surface area contributed by atoms with Crippen molar-refractivity contribution in [3.8, 4) is 5.75 Å². The molecule has 0 aliphatic carbocycles. The zero-order chi connectivity index (χ0) is 15.6. The van der Waals surface area contributed by atoms with Gasteiger partial charge in [0.1, 0.15) is 0 Å². The summed E-state index contributed by atoms with van der Waals surface area (Å²) in [7, 11) is 0. The molecular formula is C14H17Cl2F2NO2. The number of hydrogen-bond acceptors (Lipinski definition) is 3. The van der Waals surface area contributed by atoms with Crippen molar-refractivity contribution < 1.29 is 18.3 Å². The second-order valence-corrected chi connectivity index (χ2v) is 6.40. The zero-order valence-electron chi connectivity index (χ0n) is 11.8. The van der Waals surface area contributed by atoms with Crippen LogP contribution in [0.3, 0.4) is 0 Å². The van der Waals surface area contributed by atoms with Crippen LogP contribution < -0.4 is 10.1 Å². The molecule has 1 aliphatic heterocycles. The maximum atomic E-state index is 12.3. The number of halogens is 4. The van der Waals surface area contributed by atoms with Gasteiger partial charge in [0, 0.05) is 18.3 Å². The highest BCUT2D eigenvalue weighted by Crippen LogP contribution is 2.37. The average Bonchev–Trinajstić information content (AvgIpc) is 2.32. The van der Waals surface area contributed by atoms with Crippen molar-refractivity contribution in [2.24, 2.45) is 0 Å². The fraction of sp³-hybridized carbons (Fsp3) is 0.571. The molecule has 0 spiro atoms. The van der Waals surface area contributed by atoms with E-state index in [9.17, 15) is 8.78 Å². The summed E-state index contributed by atoms with van der Waals surface area (Å²) in [6.07, 6.45) is 1.69. The third kappa shape index (κ3) is 4.59. The Bertz CT molecular complexity index is 489. The van der Waals surface area contributed by atoms with E-state index >= 15 is 0 Å². The first kappa shape index (κ1) is 16.6. The molecule has 1 N–H and O–H groups in total. The minimum Gasteiger partial charge on any atom is -0.432 e. The van der Waals surface area contributed by atoms with E-state index in [1.54, 1.807) is 0 Å². The molecule has 3 nitrogen and oxygen atoms in total. The molecule has 0 aromatic heterocycles. The number of rotatable bonds is 4. The molecule has 7 heteroatoms. The second kappa shape index (κ2) is 6.55. The van der Waals surface area contributed by atoms with Crippen LogP contribution >= 0.6 is 23.2 Å². The van der Waals surface area contributed by atoms with Crippen LogP contribution in [-0.4, -0.2) is 24.9 Å². The van der Waals surface area contributed by atoms with Crippen LogP contribution in [0.15, 0.2) is 12.1 Å². The Morgan fingerprint density at radius 3 is 2.48 bits per heavy atom. The lowest BCUT2D eigenvalue weighted by molar-refractivity contribution is -0.0554. The van der Waals surface area contributed by atoms with Gasteiger partial charge in [0.15, 0.2) is 5.75 Å². The number of anilines is 1. The predicted molar refractivity (Wildman–Crippen MR) is 79.8 cm³/mol. The van der Waals surface area contributed by atoms with E-state index < -0.39 is 6.61 Å². The first-order valence-corrected chi connectivity index (χ1v) is 7.37. The standard InChI is InChI=1S/C14H17Cl2F2NO2/c1-14(2)7-8(3-4-20-14)19-9-5-10(15)12(11(16)6-9)21-13(17)18/h5-6,8,13,19H,3-4,7H2,1-2H3. The van der Waals surface area contributed by atoms with Crippen LogP contribution in [0.25, 0.3) is 0 Å². The zero-order valence-corrected chi connectivity index (χ0v) is 13.3. The lowest BCUT2D eigenvalue weighted by atomic mass is 9.94. The van der Waals surface area contributed by atoms with Crippen LogP contribution in [0.1, 0.15) is 26.7 Å². The first-order chi connectivity index (χ1) is 9.77. The fourth-order valence-electron chi connectivity index (χ4n) is 2.44. The van der Waals surface area contributed by atoms with Crippen molar-refractivity contribution in [1.29, 1.82) is 0 Å². The summed E-state index contributed by atoms with van der Waals surface area (Å²) in [5, 5.41) is 3.41. The Balaban J connectivity index is 2.11. The van der Waals surface area contributed by atoms with Gasteiger partial charge < -0.3 is 14.8 Å². The SMILES string of the molecule is CC1(C)CC(Nc2cc(Cl)c(OC(F)F)c(Cl)c2)CCO1. The quantitative estimate of drug-likeness (QED) is 0.840. The molecule has 1 aliphatic rings. The van der Waals surface area contributed by atoms with Crippen molar-refractivity contribution in [1.82, 2.24) is 0 Å². The highest BCUT2D eigenvalue weighted by Gasteiger charge is 2.29. The fourth-order valence-corrected chi connectivity index (χ4v) is 3.01. The minimum absolute atomic E-state index is 0.0524. The smallest absolute Gasteiger partial charge is 0.387 e. The maximum absolute atomic E-state index is 12.3. The largest absolute Gasteiger partial charge is 0.432 e. The first-order valence-electron chi connectivity index (χ1n) is 6.61. The van der Waals surface area contributed by atoms with Crippen molar-refractivity contribution in [2.45, 2.75) is 44.9 Å². The molecular weight excluding hydrogens is 323 g/mol. The molecule has 1 aromatic carbocycles. The molecule has 1 unspecified atom stereocenters. The van der Waals surface area contributed by atoms with E-state index in [0.29, 0.717) is 12.3 Å². The summed E-state index contributed by atoms with van der Waals surface area (Å²) in [6.45, 7) is 1.76. The van der Waals surface area contributed by atoms with Gasteiger partial charge in [-0.3, -0.25) is 0 Å². The lowest BCUT2D eigenvalue weighted by Gasteiger charge is -2.36. The summed E-state index contributed by atoms with van der Waals surface area (Å²) in [5.74, 6) is -0.203. The van der Waals surface area contributed by atoms with Gasteiger partial charge in [0.2, 0.25) is 0 Å². The Labute approximate surface area is 132 Å². The van der Waals surface area contributed by atoms with E-state index in [0.717, 1.165) is 12.8 Å². The highest BCUT2D eigenvalue weighted by molar-refractivity contribution is 6.37. The molecule has 2 rings (SSSR count). The van der Waals surface area contributed by atoms with Crippen LogP contribution in [-0.2, 0) is 4.74 Å². The molecule has 0 radical (unpaired) electrons. The molecule has 1 atom stereocenters. The van der Waals surface area contributed by atoms with Crippen molar-refractivity contribution in [3.05, 3.63) is 22.2 Å². The minimum atomic E-state index is -2.96. The Hall–Kier alpha value is -0.780. The number of nitrogens with one attached hydrogen (secondary N) is 1. The molecule has 0 saturated carbocycles. The molecule has 1 fully saturated rings. The predicted octanol–water partition coefficient (Wildman–Crippen LogP) is 4.96. The Morgan fingerprint density at radius 1 is 1.33 bits per heavy atom. The molecule has 1 aromatic rings. The van der Waals surface area contributed by atoms with E-state index in [4.69, 9.17) is 27.9 Å². The highest BCUT2D eigenvalue weighted by atomic mass is 35.5. The van der Waals surface area contributed by atoms with Crippen molar-refractivity contribution >= 4 is 28.9 Å². The topological polar surface area (TPSA) is 30.5 Å². The van der Waals surface area contributed by atoms with E-state index in [1.165, 1.54) is 12.1 Å². The Kier molecular flexibility index (Phi) is 5.17. The summed E-state index contributed by atoms with van der Waals surface area (Å²) < 4.78 is 34.5. The molecule has 1 saturated heterocycles. The molecule has 0 amide bonds. The van der Waals surface area contributed by atoms with E-state index in [-0.39, 0.29) is 27.4 Å². The summed E-state index contributed by atoms with van der Waals surface area (Å²) in [5.41, 5.74) is 0.483. The average molecular weight is 340 g/mol. The van der Waals surface area contributed by atoms with Gasteiger partial charge in [0.05, 0.1) is 15.6 Å². The third-order valence-corrected chi connectivity index (χ3v) is 3.83.